The van der Waals surface area contributed by atoms with E-state index in [1.807, 2.05) is 0 Å². The molecule has 4 heteroatoms. The van der Waals surface area contributed by atoms with Crippen LogP contribution in [0.2, 0.25) is 0 Å². The van der Waals surface area contributed by atoms with Crippen molar-refractivity contribution in [1.29, 1.82) is 0 Å². The van der Waals surface area contributed by atoms with E-state index in [0.717, 1.165) is 38.5 Å². The number of amides is 1. The maximum atomic E-state index is 11.7. The van der Waals surface area contributed by atoms with Crippen LogP contribution in [0.5, 0.6) is 0 Å². The molecule has 17 heavy (non-hydrogen) atoms. The zero-order valence-corrected chi connectivity index (χ0v) is 11.5. The molecule has 1 atom stereocenters. The molecule has 0 saturated carbocycles. The third-order valence-electron chi connectivity index (χ3n) is 3.35. The van der Waals surface area contributed by atoms with Crippen molar-refractivity contribution in [1.82, 2.24) is 15.5 Å². The van der Waals surface area contributed by atoms with E-state index in [9.17, 15) is 4.79 Å². The first-order chi connectivity index (χ1) is 8.09. The fourth-order valence-corrected chi connectivity index (χ4v) is 2.11. The average Bonchev–Trinajstić information content (AvgIpc) is 2.27. The van der Waals surface area contributed by atoms with Gasteiger partial charge in [0.25, 0.3) is 0 Å². The van der Waals surface area contributed by atoms with Gasteiger partial charge in [-0.2, -0.15) is 0 Å². The van der Waals surface area contributed by atoms with Crippen LogP contribution in [0.3, 0.4) is 0 Å². The number of piperazine rings is 1. The maximum Gasteiger partial charge on any atom is 0.221 e. The lowest BCUT2D eigenvalue weighted by atomic mass is 10.1. The fourth-order valence-electron chi connectivity index (χ4n) is 2.11. The summed E-state index contributed by atoms with van der Waals surface area (Å²) in [6, 6.07) is 0.355. The Bertz CT molecular complexity index is 231. The molecule has 0 aliphatic carbocycles. The zero-order chi connectivity index (χ0) is 12.7. The molecule has 1 fully saturated rings. The zero-order valence-electron chi connectivity index (χ0n) is 11.5. The van der Waals surface area contributed by atoms with Gasteiger partial charge in [-0.25, -0.2) is 0 Å². The SMILES string of the molecule is CC(C)CCCNC(=O)CC1CNCCN1C. The lowest BCUT2D eigenvalue weighted by molar-refractivity contribution is -0.122. The summed E-state index contributed by atoms with van der Waals surface area (Å²) in [5, 5.41) is 6.34. The Hall–Kier alpha value is -0.610. The van der Waals surface area contributed by atoms with Crippen molar-refractivity contribution >= 4 is 5.91 Å². The van der Waals surface area contributed by atoms with Gasteiger partial charge in [-0.15, -0.1) is 0 Å². The lowest BCUT2D eigenvalue weighted by Gasteiger charge is -2.32. The van der Waals surface area contributed by atoms with Crippen molar-refractivity contribution in [3.8, 4) is 0 Å². The smallest absolute Gasteiger partial charge is 0.221 e. The highest BCUT2D eigenvalue weighted by atomic mass is 16.1. The molecule has 4 nitrogen and oxygen atoms in total. The molecule has 0 radical (unpaired) electrons. The average molecular weight is 241 g/mol. The standard InChI is InChI=1S/C13H27N3O/c1-11(2)5-4-6-15-13(17)9-12-10-14-7-8-16(12)3/h11-12,14H,4-10H2,1-3H3,(H,15,17). The van der Waals surface area contributed by atoms with Crippen molar-refractivity contribution in [2.45, 2.75) is 39.2 Å². The quantitative estimate of drug-likeness (QED) is 0.677. The van der Waals surface area contributed by atoms with Gasteiger partial charge in [0.1, 0.15) is 0 Å². The normalized spacial score (nSPS) is 21.8. The number of nitrogens with zero attached hydrogens (tertiary/aromatic N) is 1. The van der Waals surface area contributed by atoms with E-state index in [4.69, 9.17) is 0 Å². The van der Waals surface area contributed by atoms with E-state index >= 15 is 0 Å². The van der Waals surface area contributed by atoms with Crippen LogP contribution in [0.25, 0.3) is 0 Å². The van der Waals surface area contributed by atoms with Crippen molar-refractivity contribution in [2.24, 2.45) is 5.92 Å². The van der Waals surface area contributed by atoms with Crippen molar-refractivity contribution < 1.29 is 4.79 Å². The molecule has 2 N–H and O–H groups in total. The summed E-state index contributed by atoms with van der Waals surface area (Å²) in [5.74, 6) is 0.912. The van der Waals surface area contributed by atoms with Crippen LogP contribution >= 0.6 is 0 Å². The van der Waals surface area contributed by atoms with E-state index < -0.39 is 0 Å². The molecule has 1 saturated heterocycles. The van der Waals surface area contributed by atoms with Gasteiger partial charge < -0.3 is 15.5 Å². The molecule has 0 spiro atoms. The maximum absolute atomic E-state index is 11.7. The predicted octanol–water partition coefficient (Wildman–Crippen LogP) is 0.833. The minimum Gasteiger partial charge on any atom is -0.356 e. The van der Waals surface area contributed by atoms with E-state index in [2.05, 4.69) is 36.4 Å². The largest absolute Gasteiger partial charge is 0.356 e. The predicted molar refractivity (Wildman–Crippen MR) is 71.0 cm³/mol. The van der Waals surface area contributed by atoms with Crippen LogP contribution in [0.4, 0.5) is 0 Å². The molecular weight excluding hydrogens is 214 g/mol. The van der Waals surface area contributed by atoms with E-state index in [0.29, 0.717) is 12.5 Å². The summed E-state index contributed by atoms with van der Waals surface area (Å²) in [6.45, 7) is 8.24. The molecule has 1 aliphatic rings. The topological polar surface area (TPSA) is 44.4 Å². The summed E-state index contributed by atoms with van der Waals surface area (Å²) < 4.78 is 0. The molecule has 1 amide bonds. The second-order valence-electron chi connectivity index (χ2n) is 5.43. The number of nitrogens with one attached hydrogen (secondary N) is 2. The number of carbonyl (C=O) groups is 1. The number of carbonyl (C=O) groups excluding carboxylic acids is 1. The van der Waals surface area contributed by atoms with Gasteiger partial charge >= 0.3 is 0 Å². The van der Waals surface area contributed by atoms with Gasteiger partial charge in [-0.3, -0.25) is 4.79 Å². The van der Waals surface area contributed by atoms with Gasteiger partial charge in [-0.1, -0.05) is 13.8 Å². The molecule has 1 unspecified atom stereocenters. The molecule has 1 aliphatic heterocycles. The Kier molecular flexibility index (Phi) is 6.52. The van der Waals surface area contributed by atoms with Crippen LogP contribution in [0.1, 0.15) is 33.1 Å². The third-order valence-corrected chi connectivity index (χ3v) is 3.35. The highest BCUT2D eigenvalue weighted by Gasteiger charge is 2.20. The summed E-state index contributed by atoms with van der Waals surface area (Å²) >= 11 is 0. The highest BCUT2D eigenvalue weighted by molar-refractivity contribution is 5.76. The van der Waals surface area contributed by atoms with Gasteiger partial charge in [0.15, 0.2) is 0 Å². The fraction of sp³-hybridized carbons (Fsp3) is 0.923. The molecule has 1 heterocycles. The van der Waals surface area contributed by atoms with Gasteiger partial charge in [0.05, 0.1) is 0 Å². The Morgan fingerprint density at radius 2 is 2.29 bits per heavy atom. The van der Waals surface area contributed by atoms with E-state index in [-0.39, 0.29) is 5.91 Å². The second-order valence-corrected chi connectivity index (χ2v) is 5.43. The van der Waals surface area contributed by atoms with Gasteiger partial charge in [-0.05, 0) is 25.8 Å². The Morgan fingerprint density at radius 1 is 1.53 bits per heavy atom. The first kappa shape index (κ1) is 14.5. The van der Waals surface area contributed by atoms with Crippen LogP contribution in [0.15, 0.2) is 0 Å². The first-order valence-corrected chi connectivity index (χ1v) is 6.77. The second kappa shape index (κ2) is 7.67. The monoisotopic (exact) mass is 241 g/mol. The molecule has 100 valence electrons. The molecular formula is C13H27N3O. The van der Waals surface area contributed by atoms with Crippen molar-refractivity contribution in [3.63, 3.8) is 0 Å². The number of hydrogen-bond acceptors (Lipinski definition) is 3. The number of likely N-dealkylation sites (N-methyl/N-ethyl adjacent to an activating group) is 1. The number of hydrogen-bond donors (Lipinski definition) is 2. The van der Waals surface area contributed by atoms with Gasteiger partial charge in [0, 0.05) is 38.6 Å². The lowest BCUT2D eigenvalue weighted by Crippen LogP contribution is -2.50. The minimum absolute atomic E-state index is 0.189. The van der Waals surface area contributed by atoms with Gasteiger partial charge in [0.2, 0.25) is 5.91 Å². The molecule has 0 aromatic heterocycles. The minimum atomic E-state index is 0.189. The first-order valence-electron chi connectivity index (χ1n) is 6.77. The summed E-state index contributed by atoms with van der Waals surface area (Å²) in [4.78, 5) is 14.0. The summed E-state index contributed by atoms with van der Waals surface area (Å²) in [7, 11) is 2.09. The van der Waals surface area contributed by atoms with Crippen molar-refractivity contribution in [2.75, 3.05) is 33.2 Å². The van der Waals surface area contributed by atoms with Crippen LogP contribution in [-0.2, 0) is 4.79 Å². The van der Waals surface area contributed by atoms with E-state index in [1.54, 1.807) is 0 Å². The highest BCUT2D eigenvalue weighted by Crippen LogP contribution is 2.05. The van der Waals surface area contributed by atoms with Crippen molar-refractivity contribution in [3.05, 3.63) is 0 Å². The Morgan fingerprint density at radius 3 is 2.94 bits per heavy atom. The molecule has 0 aromatic carbocycles. The number of rotatable bonds is 6. The summed E-state index contributed by atoms with van der Waals surface area (Å²) in [5.41, 5.74) is 0. The summed E-state index contributed by atoms with van der Waals surface area (Å²) in [6.07, 6.45) is 2.89. The molecule has 0 bridgehead atoms. The molecule has 1 rings (SSSR count). The Balaban J connectivity index is 2.11. The Labute approximate surface area is 105 Å². The third kappa shape index (κ3) is 6.03. The molecule has 0 aromatic rings. The van der Waals surface area contributed by atoms with Crippen LogP contribution in [0, 0.1) is 5.92 Å². The van der Waals surface area contributed by atoms with Crippen LogP contribution in [-0.4, -0.2) is 50.1 Å². The van der Waals surface area contributed by atoms with Crippen LogP contribution < -0.4 is 10.6 Å². The van der Waals surface area contributed by atoms with E-state index in [1.165, 1.54) is 6.42 Å².